The van der Waals surface area contributed by atoms with Crippen molar-refractivity contribution in [3.05, 3.63) is 29.3 Å². The van der Waals surface area contributed by atoms with Crippen LogP contribution in [0.15, 0.2) is 24.3 Å². The molecule has 0 aromatic heterocycles. The summed E-state index contributed by atoms with van der Waals surface area (Å²) in [4.78, 5) is 34.4. The number of esters is 2. The molecule has 0 heterocycles. The molecule has 0 saturated carbocycles. The molecule has 0 aliphatic rings. The van der Waals surface area contributed by atoms with Gasteiger partial charge in [0.1, 0.15) is 5.75 Å². The Hall–Kier alpha value is -2.28. The summed E-state index contributed by atoms with van der Waals surface area (Å²) >= 11 is 5.74. The number of benzene rings is 1. The van der Waals surface area contributed by atoms with Gasteiger partial charge in [0.05, 0.1) is 0 Å². The van der Waals surface area contributed by atoms with Crippen molar-refractivity contribution in [1.29, 1.82) is 0 Å². The Labute approximate surface area is 151 Å². The molecule has 1 aromatic rings. The Morgan fingerprint density at radius 2 is 1.76 bits per heavy atom. The molecule has 1 atom stereocenters. The second-order valence-corrected chi connectivity index (χ2v) is 5.48. The van der Waals surface area contributed by atoms with Gasteiger partial charge in [-0.05, 0) is 30.7 Å². The van der Waals surface area contributed by atoms with Crippen LogP contribution >= 0.6 is 11.6 Å². The molecule has 1 rings (SSSR count). The first-order chi connectivity index (χ1) is 11.9. The zero-order valence-electron chi connectivity index (χ0n) is 14.2. The van der Waals surface area contributed by atoms with Crippen LogP contribution < -0.4 is 10.1 Å². The predicted molar refractivity (Wildman–Crippen MR) is 91.3 cm³/mol. The van der Waals surface area contributed by atoms with Gasteiger partial charge in [-0.3, -0.25) is 9.59 Å². The van der Waals surface area contributed by atoms with E-state index in [-0.39, 0.29) is 19.4 Å². The molecule has 0 bridgehead atoms. The van der Waals surface area contributed by atoms with Gasteiger partial charge in [-0.1, -0.05) is 25.4 Å². The highest BCUT2D eigenvalue weighted by Gasteiger charge is 2.16. The molecular weight excluding hydrogens is 350 g/mol. The number of hydrogen-bond acceptors (Lipinski definition) is 6. The lowest BCUT2D eigenvalue weighted by molar-refractivity contribution is -0.167. The first-order valence-electron chi connectivity index (χ1n) is 8.04. The van der Waals surface area contributed by atoms with Gasteiger partial charge in [0, 0.05) is 30.8 Å². The lowest BCUT2D eigenvalue weighted by Gasteiger charge is -2.16. The summed E-state index contributed by atoms with van der Waals surface area (Å²) in [7, 11) is 0. The van der Waals surface area contributed by atoms with Crippen molar-refractivity contribution < 1.29 is 28.6 Å². The van der Waals surface area contributed by atoms with Crippen molar-refractivity contribution in [2.45, 2.75) is 45.8 Å². The average molecular weight is 372 g/mol. The molecular formula is C17H22ClNO6. The van der Waals surface area contributed by atoms with E-state index in [0.717, 1.165) is 0 Å². The maximum absolute atomic E-state index is 11.7. The fraction of sp³-hybridized carbons (Fsp3) is 0.471. The van der Waals surface area contributed by atoms with Gasteiger partial charge in [0.25, 0.3) is 0 Å². The van der Waals surface area contributed by atoms with E-state index in [1.165, 1.54) is 0 Å². The second-order valence-electron chi connectivity index (χ2n) is 5.04. The van der Waals surface area contributed by atoms with E-state index < -0.39 is 24.3 Å². The molecule has 25 heavy (non-hydrogen) atoms. The number of rotatable bonds is 9. The zero-order valence-corrected chi connectivity index (χ0v) is 15.0. The van der Waals surface area contributed by atoms with Crippen LogP contribution in [0, 0.1) is 0 Å². The van der Waals surface area contributed by atoms with Gasteiger partial charge in [0.15, 0.2) is 0 Å². The van der Waals surface area contributed by atoms with E-state index >= 15 is 0 Å². The molecule has 1 aromatic carbocycles. The lowest BCUT2D eigenvalue weighted by atomic mass is 10.3. The van der Waals surface area contributed by atoms with Gasteiger partial charge < -0.3 is 19.5 Å². The number of carbonyl (C=O) groups excluding carboxylic acids is 3. The summed E-state index contributed by atoms with van der Waals surface area (Å²) < 4.78 is 15.0. The molecule has 0 spiro atoms. The summed E-state index contributed by atoms with van der Waals surface area (Å²) in [6, 6.07) is 6.44. The number of hydrogen-bond donors (Lipinski definition) is 1. The molecule has 1 N–H and O–H groups in total. The number of amides is 1. The molecule has 8 heteroatoms. The van der Waals surface area contributed by atoms with Crippen LogP contribution in [0.25, 0.3) is 0 Å². The molecule has 138 valence electrons. The smallest absolute Gasteiger partial charge is 0.410 e. The van der Waals surface area contributed by atoms with E-state index in [2.05, 4.69) is 5.32 Å². The highest BCUT2D eigenvalue weighted by atomic mass is 35.5. The molecule has 0 saturated heterocycles. The number of halogens is 1. The fourth-order valence-corrected chi connectivity index (χ4v) is 1.82. The van der Waals surface area contributed by atoms with Crippen LogP contribution in [-0.2, 0) is 19.1 Å². The first-order valence-corrected chi connectivity index (χ1v) is 8.42. The summed E-state index contributed by atoms with van der Waals surface area (Å²) in [6.07, 6.45) is -0.550. The molecule has 0 radical (unpaired) electrons. The summed E-state index contributed by atoms with van der Waals surface area (Å²) in [5.41, 5.74) is 0. The monoisotopic (exact) mass is 371 g/mol. The highest BCUT2D eigenvalue weighted by molar-refractivity contribution is 6.30. The van der Waals surface area contributed by atoms with E-state index in [1.807, 2.05) is 0 Å². The van der Waals surface area contributed by atoms with Gasteiger partial charge in [-0.25, -0.2) is 4.79 Å². The Morgan fingerprint density at radius 1 is 1.08 bits per heavy atom. The van der Waals surface area contributed by atoms with Crippen molar-refractivity contribution in [3.8, 4) is 5.75 Å². The molecule has 1 unspecified atom stereocenters. The summed E-state index contributed by atoms with van der Waals surface area (Å²) in [6.45, 7) is 3.61. The molecule has 7 nitrogen and oxygen atoms in total. The normalized spacial score (nSPS) is 11.3. The van der Waals surface area contributed by atoms with Crippen molar-refractivity contribution in [3.63, 3.8) is 0 Å². The Balaban J connectivity index is 2.21. The van der Waals surface area contributed by atoms with Crippen LogP contribution in [0.2, 0.25) is 5.02 Å². The second kappa shape index (κ2) is 11.3. The topological polar surface area (TPSA) is 90.9 Å². The summed E-state index contributed by atoms with van der Waals surface area (Å²) in [5, 5.41) is 3.04. The maximum atomic E-state index is 11.7. The number of ether oxygens (including phenoxy) is 3. The quantitative estimate of drug-likeness (QED) is 0.309. The van der Waals surface area contributed by atoms with Crippen molar-refractivity contribution >= 4 is 29.6 Å². The van der Waals surface area contributed by atoms with Gasteiger partial charge in [-0.15, -0.1) is 0 Å². The number of carbonyl (C=O) groups is 3. The van der Waals surface area contributed by atoms with E-state index in [1.54, 1.807) is 38.1 Å². The van der Waals surface area contributed by atoms with Crippen LogP contribution in [0.1, 0.15) is 39.5 Å². The van der Waals surface area contributed by atoms with Crippen LogP contribution in [-0.4, -0.2) is 30.9 Å². The minimum Gasteiger partial charge on any atom is -0.427 e. The van der Waals surface area contributed by atoms with E-state index in [0.29, 0.717) is 23.6 Å². The van der Waals surface area contributed by atoms with Crippen molar-refractivity contribution in [2.75, 3.05) is 6.54 Å². The zero-order chi connectivity index (χ0) is 18.7. The number of alkyl carbamates (subject to hydrolysis) is 1. The third kappa shape index (κ3) is 8.95. The maximum Gasteiger partial charge on any atom is 0.410 e. The third-order valence-electron chi connectivity index (χ3n) is 3.00. The molecule has 0 aliphatic heterocycles. The fourth-order valence-electron chi connectivity index (χ4n) is 1.69. The minimum atomic E-state index is -0.915. The highest BCUT2D eigenvalue weighted by Crippen LogP contribution is 2.16. The minimum absolute atomic E-state index is 0.130. The van der Waals surface area contributed by atoms with Crippen molar-refractivity contribution in [2.24, 2.45) is 0 Å². The Kier molecular flexibility index (Phi) is 9.39. The molecule has 0 fully saturated rings. The van der Waals surface area contributed by atoms with E-state index in [4.69, 9.17) is 25.8 Å². The first kappa shape index (κ1) is 20.8. The van der Waals surface area contributed by atoms with Crippen LogP contribution in [0.5, 0.6) is 5.75 Å². The average Bonchev–Trinajstić information content (AvgIpc) is 2.60. The van der Waals surface area contributed by atoms with Gasteiger partial charge in [0.2, 0.25) is 6.29 Å². The Morgan fingerprint density at radius 3 is 2.36 bits per heavy atom. The van der Waals surface area contributed by atoms with Gasteiger partial charge in [-0.2, -0.15) is 0 Å². The standard InChI is InChI=1S/C17H22ClNO6/c1-3-14(20)24-16(4-2)25-17(22)19-11-5-6-15(21)23-13-9-7-12(18)8-10-13/h7-10,16H,3-6,11H2,1-2H3,(H,19,22). The largest absolute Gasteiger partial charge is 0.427 e. The van der Waals surface area contributed by atoms with E-state index in [9.17, 15) is 14.4 Å². The van der Waals surface area contributed by atoms with Crippen LogP contribution in [0.4, 0.5) is 4.79 Å². The van der Waals surface area contributed by atoms with Crippen molar-refractivity contribution in [1.82, 2.24) is 5.32 Å². The van der Waals surface area contributed by atoms with Crippen LogP contribution in [0.3, 0.4) is 0 Å². The predicted octanol–water partition coefficient (Wildman–Crippen LogP) is 3.44. The SMILES string of the molecule is CCC(=O)OC(CC)OC(=O)NCCCC(=O)Oc1ccc(Cl)cc1. The molecule has 0 aliphatic carbocycles. The Bertz CT molecular complexity index is 575. The lowest BCUT2D eigenvalue weighted by Crippen LogP contribution is -2.32. The summed E-state index contributed by atoms with van der Waals surface area (Å²) in [5.74, 6) is -0.448. The number of nitrogens with one attached hydrogen (secondary N) is 1. The third-order valence-corrected chi connectivity index (χ3v) is 3.25. The molecule has 1 amide bonds. The van der Waals surface area contributed by atoms with Gasteiger partial charge >= 0.3 is 18.0 Å².